The largest absolute Gasteiger partial charge is 0.458 e. The first-order valence-electron chi connectivity index (χ1n) is 12.4. The molecule has 0 heterocycles. The van der Waals surface area contributed by atoms with Crippen LogP contribution in [0.2, 0.25) is 5.02 Å². The van der Waals surface area contributed by atoms with E-state index in [4.69, 9.17) is 22.1 Å². The van der Waals surface area contributed by atoms with Crippen LogP contribution < -0.4 is 16.4 Å². The first-order chi connectivity index (χ1) is 18.1. The van der Waals surface area contributed by atoms with Gasteiger partial charge in [0, 0.05) is 35.8 Å². The van der Waals surface area contributed by atoms with Gasteiger partial charge in [-0.3, -0.25) is 4.79 Å². The average molecular weight is 544 g/mol. The summed E-state index contributed by atoms with van der Waals surface area (Å²) in [6.07, 6.45) is 0.145. The third-order valence-corrected chi connectivity index (χ3v) is 6.27. The van der Waals surface area contributed by atoms with Gasteiger partial charge in [0.1, 0.15) is 23.8 Å². The van der Waals surface area contributed by atoms with Crippen LogP contribution in [-0.4, -0.2) is 36.6 Å². The van der Waals surface area contributed by atoms with Crippen molar-refractivity contribution in [3.63, 3.8) is 0 Å². The Morgan fingerprint density at radius 3 is 2.29 bits per heavy atom. The van der Waals surface area contributed by atoms with Gasteiger partial charge in [-0.05, 0) is 72.9 Å². The maximum absolute atomic E-state index is 13.7. The van der Waals surface area contributed by atoms with Crippen LogP contribution in [0, 0.1) is 11.6 Å². The number of ether oxygens (including phenoxy) is 1. The van der Waals surface area contributed by atoms with Gasteiger partial charge in [-0.15, -0.1) is 0 Å². The molecule has 0 aromatic heterocycles. The van der Waals surface area contributed by atoms with Gasteiger partial charge in [-0.1, -0.05) is 42.8 Å². The van der Waals surface area contributed by atoms with Crippen molar-refractivity contribution >= 4 is 23.5 Å². The highest BCUT2D eigenvalue weighted by Gasteiger charge is 2.26. The van der Waals surface area contributed by atoms with Crippen LogP contribution in [0.5, 0.6) is 0 Å². The monoisotopic (exact) mass is 543 g/mol. The zero-order valence-electron chi connectivity index (χ0n) is 21.3. The van der Waals surface area contributed by atoms with Crippen molar-refractivity contribution in [2.24, 2.45) is 5.73 Å². The zero-order valence-corrected chi connectivity index (χ0v) is 22.1. The predicted molar refractivity (Wildman–Crippen MR) is 144 cm³/mol. The van der Waals surface area contributed by atoms with Gasteiger partial charge in [-0.2, -0.15) is 0 Å². The lowest BCUT2D eigenvalue weighted by molar-refractivity contribution is -0.151. The van der Waals surface area contributed by atoms with Crippen molar-refractivity contribution in [3.05, 3.63) is 106 Å². The Morgan fingerprint density at radius 2 is 1.63 bits per heavy atom. The molecular weight excluding hydrogens is 512 g/mol. The molecule has 3 atom stereocenters. The molecule has 3 rings (SSSR count). The minimum absolute atomic E-state index is 0.0745. The van der Waals surface area contributed by atoms with Gasteiger partial charge in [0.05, 0.1) is 0 Å². The number of hydrogen-bond acceptors (Lipinski definition) is 5. The van der Waals surface area contributed by atoms with Crippen molar-refractivity contribution in [1.29, 1.82) is 0 Å². The fourth-order valence-corrected chi connectivity index (χ4v) is 4.05. The molecule has 3 aromatic carbocycles. The second-order valence-electron chi connectivity index (χ2n) is 9.13. The SMILES string of the molecule is CCc1cccc(CNC[C@@H](OC(=O)[C@@H](C)NC(=O)c2ccc(Cl)cc2)[C@@H](N)Cc2cc(F)cc(F)c2)c1. The van der Waals surface area contributed by atoms with E-state index in [-0.39, 0.29) is 13.0 Å². The highest BCUT2D eigenvalue weighted by atomic mass is 35.5. The van der Waals surface area contributed by atoms with Crippen LogP contribution >= 0.6 is 11.6 Å². The lowest BCUT2D eigenvalue weighted by Crippen LogP contribution is -2.49. The van der Waals surface area contributed by atoms with E-state index in [1.165, 1.54) is 24.6 Å². The summed E-state index contributed by atoms with van der Waals surface area (Å²) >= 11 is 5.87. The number of rotatable bonds is 12. The average Bonchev–Trinajstić information content (AvgIpc) is 2.87. The van der Waals surface area contributed by atoms with Gasteiger partial charge >= 0.3 is 5.97 Å². The molecule has 0 spiro atoms. The maximum Gasteiger partial charge on any atom is 0.328 e. The van der Waals surface area contributed by atoms with Crippen LogP contribution in [0.25, 0.3) is 0 Å². The van der Waals surface area contributed by atoms with E-state index < -0.39 is 41.7 Å². The number of esters is 1. The molecule has 38 heavy (non-hydrogen) atoms. The third kappa shape index (κ3) is 8.90. The number of hydrogen-bond donors (Lipinski definition) is 3. The standard InChI is InChI=1S/C29H32ClF2N3O3/c1-3-19-5-4-6-20(11-19)16-34-17-27(26(33)14-21-12-24(31)15-25(32)13-21)38-29(37)18(2)35-28(36)22-7-9-23(30)10-8-22/h4-13,15,18,26-27,34H,3,14,16-17,33H2,1-2H3,(H,35,36)/t18-,26+,27-/m1/s1. The number of halogens is 3. The molecule has 6 nitrogen and oxygen atoms in total. The number of aryl methyl sites for hydroxylation is 1. The highest BCUT2D eigenvalue weighted by molar-refractivity contribution is 6.30. The third-order valence-electron chi connectivity index (χ3n) is 6.02. The number of amides is 1. The first-order valence-corrected chi connectivity index (χ1v) is 12.8. The number of benzene rings is 3. The lowest BCUT2D eigenvalue weighted by atomic mass is 10.0. The minimum atomic E-state index is -0.972. The molecule has 202 valence electrons. The second-order valence-corrected chi connectivity index (χ2v) is 9.56. The summed E-state index contributed by atoms with van der Waals surface area (Å²) in [6.45, 7) is 4.28. The van der Waals surface area contributed by atoms with Crippen LogP contribution in [0.1, 0.15) is 40.9 Å². The minimum Gasteiger partial charge on any atom is -0.458 e. The van der Waals surface area contributed by atoms with E-state index in [0.717, 1.165) is 18.1 Å². The highest BCUT2D eigenvalue weighted by Crippen LogP contribution is 2.14. The van der Waals surface area contributed by atoms with Crippen LogP contribution in [-0.2, 0) is 28.9 Å². The number of carbonyl (C=O) groups is 2. The molecule has 4 N–H and O–H groups in total. The molecule has 0 aliphatic rings. The molecule has 1 amide bonds. The van der Waals surface area contributed by atoms with Crippen LogP contribution in [0.4, 0.5) is 8.78 Å². The summed E-state index contributed by atoms with van der Waals surface area (Å²) in [5, 5.41) is 6.34. The summed E-state index contributed by atoms with van der Waals surface area (Å²) in [5.74, 6) is -2.58. The number of carbonyl (C=O) groups excluding carboxylic acids is 2. The summed E-state index contributed by atoms with van der Waals surface area (Å²) in [4.78, 5) is 25.4. The van der Waals surface area contributed by atoms with E-state index in [2.05, 4.69) is 23.6 Å². The molecule has 0 aliphatic carbocycles. The molecule has 0 bridgehead atoms. The van der Waals surface area contributed by atoms with E-state index in [0.29, 0.717) is 22.7 Å². The van der Waals surface area contributed by atoms with E-state index in [9.17, 15) is 18.4 Å². The fourth-order valence-electron chi connectivity index (χ4n) is 3.92. The zero-order chi connectivity index (χ0) is 27.7. The molecule has 0 aliphatic heterocycles. The van der Waals surface area contributed by atoms with Crippen molar-refractivity contribution in [3.8, 4) is 0 Å². The molecule has 0 saturated carbocycles. The van der Waals surface area contributed by atoms with Crippen molar-refractivity contribution < 1.29 is 23.1 Å². The van der Waals surface area contributed by atoms with E-state index >= 15 is 0 Å². The quantitative estimate of drug-likeness (QED) is 0.291. The smallest absolute Gasteiger partial charge is 0.328 e. The fraction of sp³-hybridized carbons (Fsp3) is 0.310. The first kappa shape index (κ1) is 29.2. The Balaban J connectivity index is 1.67. The van der Waals surface area contributed by atoms with Gasteiger partial charge in [0.25, 0.3) is 5.91 Å². The molecule has 3 aromatic rings. The Hall–Kier alpha value is -3.33. The van der Waals surface area contributed by atoms with Crippen LogP contribution in [0.3, 0.4) is 0 Å². The second kappa shape index (κ2) is 14.0. The van der Waals surface area contributed by atoms with Crippen LogP contribution in [0.15, 0.2) is 66.7 Å². The van der Waals surface area contributed by atoms with Gasteiger partial charge in [0.15, 0.2) is 0 Å². The molecule has 9 heteroatoms. The van der Waals surface area contributed by atoms with Crippen molar-refractivity contribution in [2.45, 2.75) is 51.4 Å². The Morgan fingerprint density at radius 1 is 0.974 bits per heavy atom. The summed E-state index contributed by atoms with van der Waals surface area (Å²) in [6, 6.07) is 15.8. The summed E-state index contributed by atoms with van der Waals surface area (Å²) < 4.78 is 33.1. The van der Waals surface area contributed by atoms with Gasteiger partial charge < -0.3 is 21.1 Å². The topological polar surface area (TPSA) is 93.5 Å². The Labute approximate surface area is 226 Å². The van der Waals surface area contributed by atoms with Gasteiger partial charge in [0.2, 0.25) is 0 Å². The van der Waals surface area contributed by atoms with Crippen molar-refractivity contribution in [2.75, 3.05) is 6.54 Å². The van der Waals surface area contributed by atoms with Gasteiger partial charge in [-0.25, -0.2) is 13.6 Å². The number of nitrogens with one attached hydrogen (secondary N) is 2. The molecule has 0 fully saturated rings. The van der Waals surface area contributed by atoms with E-state index in [1.807, 2.05) is 18.2 Å². The number of nitrogens with two attached hydrogens (primary N) is 1. The molecule has 0 radical (unpaired) electrons. The predicted octanol–water partition coefficient (Wildman–Crippen LogP) is 4.57. The summed E-state index contributed by atoms with van der Waals surface area (Å²) in [7, 11) is 0. The Kier molecular flexibility index (Phi) is 10.8. The molecule has 0 unspecified atom stereocenters. The molecule has 0 saturated heterocycles. The normalized spacial score (nSPS) is 13.4. The molecular formula is C29H32ClF2N3O3. The van der Waals surface area contributed by atoms with Crippen molar-refractivity contribution in [1.82, 2.24) is 10.6 Å². The maximum atomic E-state index is 13.7. The lowest BCUT2D eigenvalue weighted by Gasteiger charge is -2.26. The Bertz CT molecular complexity index is 1220. The van der Waals surface area contributed by atoms with E-state index in [1.54, 1.807) is 24.3 Å². The summed E-state index contributed by atoms with van der Waals surface area (Å²) in [5.41, 5.74) is 9.30.